The SMILES string of the molecule is COc1cc2c(C(C)C)cn(CCO)c2cc1OC. The average molecular weight is 263 g/mol. The third-order valence-corrected chi connectivity index (χ3v) is 3.38. The zero-order valence-corrected chi connectivity index (χ0v) is 11.9. The van der Waals surface area contributed by atoms with E-state index in [1.54, 1.807) is 14.2 Å². The number of ether oxygens (including phenoxy) is 2. The molecule has 0 saturated heterocycles. The third kappa shape index (κ3) is 2.40. The van der Waals surface area contributed by atoms with Crippen LogP contribution in [0.25, 0.3) is 10.9 Å². The topological polar surface area (TPSA) is 43.6 Å². The van der Waals surface area contributed by atoms with Crippen molar-refractivity contribution in [1.82, 2.24) is 4.57 Å². The molecule has 0 atom stereocenters. The first-order chi connectivity index (χ1) is 9.12. The molecule has 0 aliphatic carbocycles. The number of aromatic nitrogens is 1. The second-order valence-corrected chi connectivity index (χ2v) is 4.88. The van der Waals surface area contributed by atoms with Gasteiger partial charge in [0.05, 0.1) is 26.3 Å². The summed E-state index contributed by atoms with van der Waals surface area (Å²) in [6.07, 6.45) is 2.10. The van der Waals surface area contributed by atoms with Crippen molar-refractivity contribution in [3.63, 3.8) is 0 Å². The number of aliphatic hydroxyl groups excluding tert-OH is 1. The molecule has 0 saturated carbocycles. The van der Waals surface area contributed by atoms with E-state index in [-0.39, 0.29) is 6.61 Å². The van der Waals surface area contributed by atoms with Crippen LogP contribution in [-0.2, 0) is 6.54 Å². The van der Waals surface area contributed by atoms with Gasteiger partial charge in [0.1, 0.15) is 0 Å². The molecule has 104 valence electrons. The van der Waals surface area contributed by atoms with Gasteiger partial charge in [-0.1, -0.05) is 13.8 Å². The highest BCUT2D eigenvalue weighted by atomic mass is 16.5. The number of benzene rings is 1. The van der Waals surface area contributed by atoms with Gasteiger partial charge in [0.15, 0.2) is 11.5 Å². The summed E-state index contributed by atoms with van der Waals surface area (Å²) in [5, 5.41) is 10.3. The molecule has 0 fully saturated rings. The van der Waals surface area contributed by atoms with E-state index < -0.39 is 0 Å². The number of rotatable bonds is 5. The van der Waals surface area contributed by atoms with Crippen LogP contribution in [0.2, 0.25) is 0 Å². The molecule has 1 heterocycles. The smallest absolute Gasteiger partial charge is 0.162 e. The standard InChI is InChI=1S/C15H21NO3/c1-10(2)12-9-16(5-6-17)13-8-15(19-4)14(18-3)7-11(12)13/h7-10,17H,5-6H2,1-4H3. The maximum atomic E-state index is 9.18. The molecule has 0 aliphatic rings. The zero-order chi connectivity index (χ0) is 14.0. The highest BCUT2D eigenvalue weighted by Gasteiger charge is 2.15. The van der Waals surface area contributed by atoms with Crippen molar-refractivity contribution in [2.24, 2.45) is 0 Å². The number of hydrogen-bond acceptors (Lipinski definition) is 3. The minimum Gasteiger partial charge on any atom is -0.493 e. The van der Waals surface area contributed by atoms with Gasteiger partial charge in [0, 0.05) is 24.2 Å². The maximum Gasteiger partial charge on any atom is 0.162 e. The van der Waals surface area contributed by atoms with E-state index in [2.05, 4.69) is 24.6 Å². The van der Waals surface area contributed by atoms with Crippen LogP contribution in [-0.4, -0.2) is 30.5 Å². The quantitative estimate of drug-likeness (QED) is 0.902. The van der Waals surface area contributed by atoms with E-state index >= 15 is 0 Å². The molecule has 19 heavy (non-hydrogen) atoms. The first-order valence-corrected chi connectivity index (χ1v) is 6.48. The van der Waals surface area contributed by atoms with E-state index in [9.17, 15) is 5.11 Å². The molecule has 1 aromatic carbocycles. The Morgan fingerprint density at radius 1 is 1.16 bits per heavy atom. The van der Waals surface area contributed by atoms with Crippen LogP contribution < -0.4 is 9.47 Å². The summed E-state index contributed by atoms with van der Waals surface area (Å²) in [5.41, 5.74) is 2.32. The van der Waals surface area contributed by atoms with Crippen molar-refractivity contribution in [2.45, 2.75) is 26.3 Å². The molecule has 0 aliphatic heterocycles. The lowest BCUT2D eigenvalue weighted by atomic mass is 10.0. The highest BCUT2D eigenvalue weighted by molar-refractivity contribution is 5.88. The predicted octanol–water partition coefficient (Wildman–Crippen LogP) is 2.77. The highest BCUT2D eigenvalue weighted by Crippen LogP contribution is 2.36. The molecule has 0 bridgehead atoms. The van der Waals surface area contributed by atoms with Crippen molar-refractivity contribution in [3.05, 3.63) is 23.9 Å². The Kier molecular flexibility index (Phi) is 4.00. The molecule has 1 N–H and O–H groups in total. The number of methoxy groups -OCH3 is 2. The second kappa shape index (κ2) is 5.53. The van der Waals surface area contributed by atoms with Gasteiger partial charge in [0.2, 0.25) is 0 Å². The Balaban J connectivity index is 2.71. The summed E-state index contributed by atoms with van der Waals surface area (Å²) >= 11 is 0. The largest absolute Gasteiger partial charge is 0.493 e. The molecule has 2 aromatic rings. The van der Waals surface area contributed by atoms with Gasteiger partial charge < -0.3 is 19.1 Å². The van der Waals surface area contributed by atoms with Crippen molar-refractivity contribution < 1.29 is 14.6 Å². The predicted molar refractivity (Wildman–Crippen MR) is 76.2 cm³/mol. The summed E-state index contributed by atoms with van der Waals surface area (Å²) < 4.78 is 12.8. The van der Waals surface area contributed by atoms with E-state index in [1.807, 2.05) is 12.1 Å². The Bertz CT molecular complexity index is 572. The van der Waals surface area contributed by atoms with Crippen molar-refractivity contribution >= 4 is 10.9 Å². The second-order valence-electron chi connectivity index (χ2n) is 4.88. The average Bonchev–Trinajstić information content (AvgIpc) is 2.76. The Morgan fingerprint density at radius 3 is 2.32 bits per heavy atom. The van der Waals surface area contributed by atoms with Crippen LogP contribution in [0.3, 0.4) is 0 Å². The molecule has 4 nitrogen and oxygen atoms in total. The van der Waals surface area contributed by atoms with Crippen LogP contribution in [0.4, 0.5) is 0 Å². The Labute approximate surface area is 113 Å². The van der Waals surface area contributed by atoms with E-state index in [0.717, 1.165) is 16.7 Å². The summed E-state index contributed by atoms with van der Waals surface area (Å²) in [6.45, 7) is 5.03. The molecule has 1 aromatic heterocycles. The third-order valence-electron chi connectivity index (χ3n) is 3.38. The zero-order valence-electron chi connectivity index (χ0n) is 11.9. The van der Waals surface area contributed by atoms with E-state index in [4.69, 9.17) is 9.47 Å². The molecular weight excluding hydrogens is 242 g/mol. The van der Waals surface area contributed by atoms with Crippen molar-refractivity contribution in [3.8, 4) is 11.5 Å². The van der Waals surface area contributed by atoms with Gasteiger partial charge in [0.25, 0.3) is 0 Å². The van der Waals surface area contributed by atoms with Gasteiger partial charge in [-0.2, -0.15) is 0 Å². The summed E-state index contributed by atoms with van der Waals surface area (Å²) in [5.74, 6) is 1.86. The van der Waals surface area contributed by atoms with Gasteiger partial charge in [-0.3, -0.25) is 0 Å². The Hall–Kier alpha value is -1.68. The van der Waals surface area contributed by atoms with Gasteiger partial charge >= 0.3 is 0 Å². The Morgan fingerprint density at radius 2 is 1.79 bits per heavy atom. The van der Waals surface area contributed by atoms with Gasteiger partial charge in [-0.05, 0) is 17.5 Å². The number of nitrogens with zero attached hydrogens (tertiary/aromatic N) is 1. The fourth-order valence-corrected chi connectivity index (χ4v) is 2.40. The van der Waals surface area contributed by atoms with E-state index in [0.29, 0.717) is 18.2 Å². The molecule has 0 amide bonds. The lowest BCUT2D eigenvalue weighted by Crippen LogP contribution is -2.00. The normalized spacial score (nSPS) is 11.3. The van der Waals surface area contributed by atoms with Crippen LogP contribution >= 0.6 is 0 Å². The number of aliphatic hydroxyl groups is 1. The molecule has 0 radical (unpaired) electrons. The van der Waals surface area contributed by atoms with Gasteiger partial charge in [-0.25, -0.2) is 0 Å². The molecule has 0 unspecified atom stereocenters. The number of fused-ring (bicyclic) bond motifs is 1. The van der Waals surface area contributed by atoms with Crippen LogP contribution in [0.1, 0.15) is 25.3 Å². The lowest BCUT2D eigenvalue weighted by molar-refractivity contribution is 0.278. The summed E-state index contributed by atoms with van der Waals surface area (Å²) in [6, 6.07) is 3.98. The van der Waals surface area contributed by atoms with Crippen LogP contribution in [0.5, 0.6) is 11.5 Å². The summed E-state index contributed by atoms with van der Waals surface area (Å²) in [7, 11) is 3.27. The first-order valence-electron chi connectivity index (χ1n) is 6.48. The minimum atomic E-state index is 0.121. The molecule has 0 spiro atoms. The fourth-order valence-electron chi connectivity index (χ4n) is 2.40. The van der Waals surface area contributed by atoms with Crippen LogP contribution in [0.15, 0.2) is 18.3 Å². The minimum absolute atomic E-state index is 0.121. The first kappa shape index (κ1) is 13.7. The van der Waals surface area contributed by atoms with Crippen LogP contribution in [0, 0.1) is 0 Å². The summed E-state index contributed by atoms with van der Waals surface area (Å²) in [4.78, 5) is 0. The molecular formula is C15H21NO3. The monoisotopic (exact) mass is 263 g/mol. The molecule has 2 rings (SSSR count). The molecule has 4 heteroatoms. The maximum absolute atomic E-state index is 9.18. The van der Waals surface area contributed by atoms with Crippen molar-refractivity contribution in [2.75, 3.05) is 20.8 Å². The van der Waals surface area contributed by atoms with Crippen molar-refractivity contribution in [1.29, 1.82) is 0 Å². The fraction of sp³-hybridized carbons (Fsp3) is 0.467. The van der Waals surface area contributed by atoms with Gasteiger partial charge in [-0.15, -0.1) is 0 Å². The number of hydrogen-bond donors (Lipinski definition) is 1. The van der Waals surface area contributed by atoms with E-state index in [1.165, 1.54) is 5.56 Å². The lowest BCUT2D eigenvalue weighted by Gasteiger charge is -2.10.